The van der Waals surface area contributed by atoms with Crippen LogP contribution in [0.1, 0.15) is 38.1 Å². The Bertz CT molecular complexity index is 1110. The Labute approximate surface area is 200 Å². The maximum Gasteiger partial charge on any atom is 0.338 e. The van der Waals surface area contributed by atoms with Gasteiger partial charge in [0, 0.05) is 18.8 Å². The molecule has 3 atom stereocenters. The van der Waals surface area contributed by atoms with Crippen molar-refractivity contribution in [1.29, 1.82) is 0 Å². The third-order valence-corrected chi connectivity index (χ3v) is 7.01. The van der Waals surface area contributed by atoms with Crippen LogP contribution in [0.2, 0.25) is 0 Å². The quantitative estimate of drug-likeness (QED) is 0.566. The Morgan fingerprint density at radius 1 is 1.12 bits per heavy atom. The minimum absolute atomic E-state index is 0.0188. The van der Waals surface area contributed by atoms with E-state index in [1.807, 2.05) is 20.8 Å². The highest BCUT2D eigenvalue weighted by atomic mass is 32.2. The van der Waals surface area contributed by atoms with E-state index in [0.717, 1.165) is 0 Å². The van der Waals surface area contributed by atoms with Crippen LogP contribution in [0.15, 0.2) is 53.4 Å². The first-order valence-electron chi connectivity index (χ1n) is 11.1. The van der Waals surface area contributed by atoms with E-state index in [-0.39, 0.29) is 35.8 Å². The first-order chi connectivity index (χ1) is 16.1. The van der Waals surface area contributed by atoms with Crippen LogP contribution >= 0.6 is 0 Å². The number of anilines is 1. The standard InChI is InChI=1S/C24H30N2O7S/c1-5-31-21-11-9-20(10-12-21)25-23(27)18(4)33-24(28)19-7-6-8-22(13-19)34(29,30)26-14-16(2)32-17(3)15-26/h6-13,16-18H,5,14-15H2,1-4H3,(H,25,27). The number of nitrogens with one attached hydrogen (secondary N) is 1. The van der Waals surface area contributed by atoms with Crippen molar-refractivity contribution in [2.45, 2.75) is 50.9 Å². The lowest BCUT2D eigenvalue weighted by Gasteiger charge is -2.34. The number of amides is 1. The molecule has 1 saturated heterocycles. The van der Waals surface area contributed by atoms with E-state index in [9.17, 15) is 18.0 Å². The molecular weight excluding hydrogens is 460 g/mol. The van der Waals surface area contributed by atoms with E-state index in [0.29, 0.717) is 18.0 Å². The molecule has 1 heterocycles. The molecule has 2 aromatic rings. The van der Waals surface area contributed by atoms with Crippen LogP contribution < -0.4 is 10.1 Å². The van der Waals surface area contributed by atoms with E-state index in [4.69, 9.17) is 14.2 Å². The highest BCUT2D eigenvalue weighted by Crippen LogP contribution is 2.22. The molecule has 3 rings (SSSR count). The lowest BCUT2D eigenvalue weighted by Crippen LogP contribution is -2.48. The van der Waals surface area contributed by atoms with Gasteiger partial charge in [-0.1, -0.05) is 6.07 Å². The Balaban J connectivity index is 1.65. The minimum Gasteiger partial charge on any atom is -0.494 e. The number of morpholine rings is 1. The predicted octanol–water partition coefficient (Wildman–Crippen LogP) is 3.07. The van der Waals surface area contributed by atoms with Crippen LogP contribution in [0.3, 0.4) is 0 Å². The molecule has 1 aliphatic heterocycles. The molecule has 0 saturated carbocycles. The lowest BCUT2D eigenvalue weighted by molar-refractivity contribution is -0.123. The maximum absolute atomic E-state index is 13.1. The second kappa shape index (κ2) is 11.0. The summed E-state index contributed by atoms with van der Waals surface area (Å²) in [6, 6.07) is 12.4. The van der Waals surface area contributed by atoms with Gasteiger partial charge in [0.15, 0.2) is 6.10 Å². The molecule has 3 unspecified atom stereocenters. The first kappa shape index (κ1) is 25.7. The number of nitrogens with zero attached hydrogens (tertiary/aromatic N) is 1. The highest BCUT2D eigenvalue weighted by Gasteiger charge is 2.32. The number of benzene rings is 2. The Morgan fingerprint density at radius 3 is 2.38 bits per heavy atom. The number of rotatable bonds is 8. The van der Waals surface area contributed by atoms with Gasteiger partial charge < -0.3 is 19.5 Å². The number of carbonyl (C=O) groups is 2. The summed E-state index contributed by atoms with van der Waals surface area (Å²) < 4.78 is 43.8. The number of carbonyl (C=O) groups excluding carboxylic acids is 2. The second-order valence-electron chi connectivity index (χ2n) is 8.10. The smallest absolute Gasteiger partial charge is 0.338 e. The molecule has 34 heavy (non-hydrogen) atoms. The highest BCUT2D eigenvalue weighted by molar-refractivity contribution is 7.89. The Morgan fingerprint density at radius 2 is 1.76 bits per heavy atom. The summed E-state index contributed by atoms with van der Waals surface area (Å²) in [7, 11) is -3.82. The van der Waals surface area contributed by atoms with Gasteiger partial charge in [-0.3, -0.25) is 4.79 Å². The Kier molecular flexibility index (Phi) is 8.29. The number of esters is 1. The largest absolute Gasteiger partial charge is 0.494 e. The van der Waals surface area contributed by atoms with Gasteiger partial charge in [0.05, 0.1) is 29.3 Å². The topological polar surface area (TPSA) is 111 Å². The number of ether oxygens (including phenoxy) is 3. The van der Waals surface area contributed by atoms with Crippen molar-refractivity contribution < 1.29 is 32.2 Å². The first-order valence-corrected chi connectivity index (χ1v) is 12.5. The SMILES string of the molecule is CCOc1ccc(NC(=O)C(C)OC(=O)c2cccc(S(=O)(=O)N3CC(C)OC(C)C3)c2)cc1. The monoisotopic (exact) mass is 490 g/mol. The fourth-order valence-electron chi connectivity index (χ4n) is 3.59. The van der Waals surface area contributed by atoms with Crippen LogP contribution in [0, 0.1) is 0 Å². The molecular formula is C24H30N2O7S. The maximum atomic E-state index is 13.1. The molecule has 1 fully saturated rings. The van der Waals surface area contributed by atoms with Crippen LogP contribution in [0.4, 0.5) is 5.69 Å². The average Bonchev–Trinajstić information content (AvgIpc) is 2.80. The molecule has 1 N–H and O–H groups in total. The molecule has 0 radical (unpaired) electrons. The molecule has 0 bridgehead atoms. The fourth-order valence-corrected chi connectivity index (χ4v) is 5.22. The minimum atomic E-state index is -3.82. The van der Waals surface area contributed by atoms with E-state index in [2.05, 4.69) is 5.32 Å². The third-order valence-electron chi connectivity index (χ3n) is 5.18. The molecule has 10 heteroatoms. The lowest BCUT2D eigenvalue weighted by atomic mass is 10.2. The zero-order valence-corrected chi connectivity index (χ0v) is 20.5. The summed E-state index contributed by atoms with van der Waals surface area (Å²) in [6.07, 6.45) is -1.57. The van der Waals surface area contributed by atoms with Gasteiger partial charge in [-0.2, -0.15) is 4.31 Å². The number of sulfonamides is 1. The van der Waals surface area contributed by atoms with Crippen LogP contribution in [-0.4, -0.2) is 62.6 Å². The van der Waals surface area contributed by atoms with E-state index < -0.39 is 28.0 Å². The molecule has 1 amide bonds. The molecule has 9 nitrogen and oxygen atoms in total. The van der Waals surface area contributed by atoms with Gasteiger partial charge in [0.25, 0.3) is 5.91 Å². The molecule has 0 aliphatic carbocycles. The van der Waals surface area contributed by atoms with Crippen molar-refractivity contribution in [2.24, 2.45) is 0 Å². The van der Waals surface area contributed by atoms with E-state index >= 15 is 0 Å². The van der Waals surface area contributed by atoms with Gasteiger partial charge in [0.1, 0.15) is 5.75 Å². The summed E-state index contributed by atoms with van der Waals surface area (Å²) in [4.78, 5) is 25.1. The van der Waals surface area contributed by atoms with Crippen molar-refractivity contribution in [3.05, 3.63) is 54.1 Å². The van der Waals surface area contributed by atoms with Gasteiger partial charge in [-0.05, 0) is 70.2 Å². The van der Waals surface area contributed by atoms with Gasteiger partial charge in [0.2, 0.25) is 10.0 Å². The van der Waals surface area contributed by atoms with Gasteiger partial charge in [-0.25, -0.2) is 13.2 Å². The van der Waals surface area contributed by atoms with Crippen molar-refractivity contribution in [3.63, 3.8) is 0 Å². The summed E-state index contributed by atoms with van der Waals surface area (Å²) >= 11 is 0. The molecule has 2 aromatic carbocycles. The van der Waals surface area contributed by atoms with Crippen LogP contribution in [0.5, 0.6) is 5.75 Å². The van der Waals surface area contributed by atoms with E-state index in [1.54, 1.807) is 24.3 Å². The average molecular weight is 491 g/mol. The fraction of sp³-hybridized carbons (Fsp3) is 0.417. The summed E-state index contributed by atoms with van der Waals surface area (Å²) in [5.41, 5.74) is 0.564. The van der Waals surface area contributed by atoms with Gasteiger partial charge >= 0.3 is 5.97 Å². The van der Waals surface area contributed by atoms with Crippen molar-refractivity contribution in [3.8, 4) is 5.75 Å². The summed E-state index contributed by atoms with van der Waals surface area (Å²) in [6.45, 7) is 7.93. The Hall–Kier alpha value is -2.95. The second-order valence-corrected chi connectivity index (χ2v) is 10.0. The van der Waals surface area contributed by atoms with Crippen LogP contribution in [0.25, 0.3) is 0 Å². The van der Waals surface area contributed by atoms with Gasteiger partial charge in [-0.15, -0.1) is 0 Å². The van der Waals surface area contributed by atoms with Crippen molar-refractivity contribution in [2.75, 3.05) is 25.0 Å². The molecule has 1 aliphatic rings. The number of hydrogen-bond donors (Lipinski definition) is 1. The summed E-state index contributed by atoms with van der Waals surface area (Å²) in [5, 5.41) is 2.67. The molecule has 184 valence electrons. The normalized spacial score (nSPS) is 19.8. The third kappa shape index (κ3) is 6.34. The van der Waals surface area contributed by atoms with Crippen LogP contribution in [-0.2, 0) is 24.3 Å². The zero-order chi connectivity index (χ0) is 24.9. The predicted molar refractivity (Wildman–Crippen MR) is 126 cm³/mol. The van der Waals surface area contributed by atoms with Crippen molar-refractivity contribution in [1.82, 2.24) is 4.31 Å². The molecule has 0 aromatic heterocycles. The van der Waals surface area contributed by atoms with E-state index in [1.165, 1.54) is 35.5 Å². The van der Waals surface area contributed by atoms with Crippen molar-refractivity contribution >= 4 is 27.6 Å². The number of hydrogen-bond acceptors (Lipinski definition) is 7. The molecule has 0 spiro atoms. The zero-order valence-electron chi connectivity index (χ0n) is 19.7. The summed E-state index contributed by atoms with van der Waals surface area (Å²) in [5.74, 6) is -0.636.